The smallest absolute Gasteiger partial charge is 0.133 e. The fourth-order valence-electron chi connectivity index (χ4n) is 2.78. The summed E-state index contributed by atoms with van der Waals surface area (Å²) in [5.74, 6) is 1.83. The average molecular weight is 262 g/mol. The van der Waals surface area contributed by atoms with Gasteiger partial charge < -0.3 is 15.5 Å². The highest BCUT2D eigenvalue weighted by Gasteiger charge is 2.19. The van der Waals surface area contributed by atoms with E-state index in [1.165, 1.54) is 25.9 Å². The molecular formula is C15H26N4. The minimum Gasteiger partial charge on any atom is -0.359 e. The minimum atomic E-state index is 0.556. The van der Waals surface area contributed by atoms with E-state index in [0.29, 0.717) is 6.54 Å². The average Bonchev–Trinajstić information content (AvgIpc) is 2.41. The monoisotopic (exact) mass is 262 g/mol. The summed E-state index contributed by atoms with van der Waals surface area (Å²) < 4.78 is 0. The molecule has 1 saturated heterocycles. The maximum absolute atomic E-state index is 5.82. The lowest BCUT2D eigenvalue weighted by Gasteiger charge is -2.32. The summed E-state index contributed by atoms with van der Waals surface area (Å²) in [4.78, 5) is 9.35. The van der Waals surface area contributed by atoms with Crippen molar-refractivity contribution < 1.29 is 0 Å². The van der Waals surface area contributed by atoms with Crippen molar-refractivity contribution in [3.8, 4) is 0 Å². The summed E-state index contributed by atoms with van der Waals surface area (Å²) in [6.07, 6.45) is 2.56. The number of anilines is 1. The van der Waals surface area contributed by atoms with E-state index in [2.05, 4.69) is 34.9 Å². The van der Waals surface area contributed by atoms with Crippen molar-refractivity contribution in [1.82, 2.24) is 9.88 Å². The molecule has 1 aliphatic heterocycles. The van der Waals surface area contributed by atoms with Crippen molar-refractivity contribution in [2.45, 2.75) is 26.3 Å². The molecule has 2 heterocycles. The topological polar surface area (TPSA) is 45.4 Å². The Labute approximate surface area is 116 Å². The van der Waals surface area contributed by atoms with Crippen LogP contribution in [0.4, 0.5) is 5.82 Å². The first-order chi connectivity index (χ1) is 9.10. The van der Waals surface area contributed by atoms with Crippen molar-refractivity contribution >= 4 is 5.82 Å². The van der Waals surface area contributed by atoms with Crippen LogP contribution in [-0.2, 0) is 6.54 Å². The van der Waals surface area contributed by atoms with E-state index in [9.17, 15) is 0 Å². The molecule has 0 bridgehead atoms. The van der Waals surface area contributed by atoms with E-state index < -0.39 is 0 Å². The zero-order valence-electron chi connectivity index (χ0n) is 12.4. The van der Waals surface area contributed by atoms with Gasteiger partial charge in [-0.15, -0.1) is 0 Å². The molecule has 4 nitrogen and oxygen atoms in total. The van der Waals surface area contributed by atoms with Crippen LogP contribution in [0.2, 0.25) is 0 Å². The van der Waals surface area contributed by atoms with E-state index in [1.807, 2.05) is 13.0 Å². The lowest BCUT2D eigenvalue weighted by molar-refractivity contribution is 0.222. The Hall–Kier alpha value is -1.13. The van der Waals surface area contributed by atoms with Crippen LogP contribution in [0, 0.1) is 12.8 Å². The minimum absolute atomic E-state index is 0.556. The number of likely N-dealkylation sites (tertiary alicyclic amines) is 1. The number of nitrogens with zero attached hydrogens (tertiary/aromatic N) is 3. The van der Waals surface area contributed by atoms with Crippen LogP contribution in [0.1, 0.15) is 24.1 Å². The van der Waals surface area contributed by atoms with Gasteiger partial charge in [0.05, 0.1) is 0 Å². The normalized spacial score (nSPS) is 17.7. The molecule has 1 fully saturated rings. The van der Waals surface area contributed by atoms with Crippen molar-refractivity contribution in [2.24, 2.45) is 11.7 Å². The number of aryl methyl sites for hydroxylation is 1. The number of hydrogen-bond acceptors (Lipinski definition) is 4. The van der Waals surface area contributed by atoms with Gasteiger partial charge >= 0.3 is 0 Å². The summed E-state index contributed by atoms with van der Waals surface area (Å²) in [6, 6.07) is 4.14. The van der Waals surface area contributed by atoms with Crippen LogP contribution in [0.25, 0.3) is 0 Å². The van der Waals surface area contributed by atoms with Crippen molar-refractivity contribution in [2.75, 3.05) is 38.6 Å². The Kier molecular flexibility index (Phi) is 4.77. The Balaban J connectivity index is 2.03. The zero-order valence-corrected chi connectivity index (χ0v) is 12.4. The largest absolute Gasteiger partial charge is 0.359 e. The number of rotatable bonds is 4. The second-order valence-electron chi connectivity index (χ2n) is 5.77. The molecule has 19 heavy (non-hydrogen) atoms. The van der Waals surface area contributed by atoms with Gasteiger partial charge in [0.2, 0.25) is 0 Å². The molecule has 2 N–H and O–H groups in total. The lowest BCUT2D eigenvalue weighted by atomic mass is 9.96. The quantitative estimate of drug-likeness (QED) is 0.896. The molecule has 0 aliphatic carbocycles. The molecule has 0 aromatic carbocycles. The van der Waals surface area contributed by atoms with E-state index in [-0.39, 0.29) is 0 Å². The first kappa shape index (κ1) is 14.3. The molecule has 0 saturated carbocycles. The predicted octanol–water partition coefficient (Wildman–Crippen LogP) is 1.63. The van der Waals surface area contributed by atoms with Crippen LogP contribution in [0.3, 0.4) is 0 Å². The van der Waals surface area contributed by atoms with Gasteiger partial charge in [-0.25, -0.2) is 4.98 Å². The molecule has 2 rings (SSSR count). The van der Waals surface area contributed by atoms with Gasteiger partial charge in [-0.05, 0) is 51.9 Å². The van der Waals surface area contributed by atoms with Crippen molar-refractivity contribution in [1.29, 1.82) is 0 Å². The standard InChI is InChI=1S/C15H26N4/c1-12-4-5-14(10-16)15(17-12)19(3)11-13-6-8-18(2)9-7-13/h4-5,13H,6-11,16H2,1-3H3. The van der Waals surface area contributed by atoms with Crippen molar-refractivity contribution in [3.05, 3.63) is 23.4 Å². The van der Waals surface area contributed by atoms with Gasteiger partial charge in [0.1, 0.15) is 5.82 Å². The van der Waals surface area contributed by atoms with Gasteiger partial charge in [0.15, 0.2) is 0 Å². The Morgan fingerprint density at radius 1 is 1.37 bits per heavy atom. The van der Waals surface area contributed by atoms with E-state index in [1.54, 1.807) is 0 Å². The number of hydrogen-bond donors (Lipinski definition) is 1. The summed E-state index contributed by atoms with van der Waals surface area (Å²) in [5.41, 5.74) is 8.01. The van der Waals surface area contributed by atoms with Gasteiger partial charge in [-0.2, -0.15) is 0 Å². The highest BCUT2D eigenvalue weighted by Crippen LogP contribution is 2.22. The maximum atomic E-state index is 5.82. The van der Waals surface area contributed by atoms with Crippen LogP contribution in [-0.4, -0.2) is 43.6 Å². The molecule has 0 radical (unpaired) electrons. The summed E-state index contributed by atoms with van der Waals surface area (Å²) in [5, 5.41) is 0. The number of piperidine rings is 1. The van der Waals surface area contributed by atoms with Crippen LogP contribution in [0.5, 0.6) is 0 Å². The summed E-state index contributed by atoms with van der Waals surface area (Å²) in [6.45, 7) is 6.10. The van der Waals surface area contributed by atoms with Gasteiger partial charge in [0.25, 0.3) is 0 Å². The Bertz CT molecular complexity index is 411. The highest BCUT2D eigenvalue weighted by molar-refractivity contribution is 5.47. The number of aromatic nitrogens is 1. The van der Waals surface area contributed by atoms with E-state index >= 15 is 0 Å². The first-order valence-corrected chi connectivity index (χ1v) is 7.16. The van der Waals surface area contributed by atoms with Crippen LogP contribution in [0.15, 0.2) is 12.1 Å². The third kappa shape index (κ3) is 3.67. The molecule has 1 aromatic heterocycles. The fourth-order valence-corrected chi connectivity index (χ4v) is 2.78. The van der Waals surface area contributed by atoms with Crippen molar-refractivity contribution in [3.63, 3.8) is 0 Å². The predicted molar refractivity (Wildman–Crippen MR) is 80.4 cm³/mol. The van der Waals surface area contributed by atoms with E-state index in [0.717, 1.165) is 29.5 Å². The molecule has 106 valence electrons. The molecule has 0 unspecified atom stereocenters. The second-order valence-corrected chi connectivity index (χ2v) is 5.77. The zero-order chi connectivity index (χ0) is 13.8. The molecule has 1 aromatic rings. The SMILES string of the molecule is Cc1ccc(CN)c(N(C)CC2CCN(C)CC2)n1. The molecule has 0 amide bonds. The lowest BCUT2D eigenvalue weighted by Crippen LogP contribution is -2.36. The molecule has 1 aliphatic rings. The highest BCUT2D eigenvalue weighted by atomic mass is 15.2. The number of nitrogens with two attached hydrogens (primary N) is 1. The molecule has 4 heteroatoms. The molecule has 0 atom stereocenters. The third-order valence-electron chi connectivity index (χ3n) is 4.05. The summed E-state index contributed by atoms with van der Waals surface area (Å²) >= 11 is 0. The molecular weight excluding hydrogens is 236 g/mol. The Morgan fingerprint density at radius 2 is 2.05 bits per heavy atom. The maximum Gasteiger partial charge on any atom is 0.133 e. The summed E-state index contributed by atoms with van der Waals surface area (Å²) in [7, 11) is 4.34. The van der Waals surface area contributed by atoms with Gasteiger partial charge in [-0.3, -0.25) is 0 Å². The van der Waals surface area contributed by atoms with Crippen LogP contribution >= 0.6 is 0 Å². The second kappa shape index (κ2) is 6.35. The first-order valence-electron chi connectivity index (χ1n) is 7.16. The fraction of sp³-hybridized carbons (Fsp3) is 0.667. The van der Waals surface area contributed by atoms with E-state index in [4.69, 9.17) is 5.73 Å². The Morgan fingerprint density at radius 3 is 2.68 bits per heavy atom. The number of pyridine rings is 1. The molecule has 0 spiro atoms. The van der Waals surface area contributed by atoms with Crippen LogP contribution < -0.4 is 10.6 Å². The van der Waals surface area contributed by atoms with Gasteiger partial charge in [0, 0.05) is 31.4 Å². The third-order valence-corrected chi connectivity index (χ3v) is 4.05. The van der Waals surface area contributed by atoms with Gasteiger partial charge in [-0.1, -0.05) is 6.07 Å².